The molecule has 0 aliphatic carbocycles. The maximum absolute atomic E-state index is 10.5. The van der Waals surface area contributed by atoms with Gasteiger partial charge in [-0.3, -0.25) is 0 Å². The third-order valence-corrected chi connectivity index (χ3v) is 2.10. The van der Waals surface area contributed by atoms with Crippen molar-refractivity contribution in [1.82, 2.24) is 0 Å². The fourth-order valence-corrected chi connectivity index (χ4v) is 1.12. The third kappa shape index (κ3) is 3.45. The Morgan fingerprint density at radius 1 is 1.29 bits per heavy atom. The van der Waals surface area contributed by atoms with Crippen molar-refractivity contribution in [3.63, 3.8) is 0 Å². The largest absolute Gasteiger partial charge is 0.478 e. The Hall–Kier alpha value is -0.910. The smallest absolute Gasteiger partial charge is 0.330 e. The van der Waals surface area contributed by atoms with Crippen LogP contribution in [-0.2, 0) is 4.79 Å². The molecule has 0 aliphatic heterocycles. The molecule has 0 bridgehead atoms. The summed E-state index contributed by atoms with van der Waals surface area (Å²) in [4.78, 5) is 10.5. The van der Waals surface area contributed by atoms with Crippen LogP contribution in [0.5, 0.6) is 0 Å². The van der Waals surface area contributed by atoms with Gasteiger partial charge in [0, 0.05) is 17.6 Å². The molecular formula is C9H16O5. The molecule has 0 unspecified atom stereocenters. The zero-order chi connectivity index (χ0) is 11.2. The number of carboxylic acids is 1. The predicted molar refractivity (Wildman–Crippen MR) is 49.7 cm³/mol. The summed E-state index contributed by atoms with van der Waals surface area (Å²) in [6, 6.07) is 0. The molecular weight excluding hydrogens is 188 g/mol. The van der Waals surface area contributed by atoms with Crippen LogP contribution in [0.1, 0.15) is 13.3 Å². The summed E-state index contributed by atoms with van der Waals surface area (Å²) >= 11 is 0. The number of hydrogen-bond donors (Lipinski definition) is 4. The van der Waals surface area contributed by atoms with Gasteiger partial charge in [-0.2, -0.15) is 0 Å². The van der Waals surface area contributed by atoms with Crippen LogP contribution in [0.2, 0.25) is 0 Å². The van der Waals surface area contributed by atoms with E-state index in [-0.39, 0.29) is 18.6 Å². The summed E-state index contributed by atoms with van der Waals surface area (Å²) in [6.07, 6.45) is 1.41. The van der Waals surface area contributed by atoms with Crippen molar-refractivity contribution in [3.8, 4) is 0 Å². The van der Waals surface area contributed by atoms with Crippen molar-refractivity contribution in [2.24, 2.45) is 5.41 Å². The number of aliphatic carboxylic acids is 1. The first-order valence-corrected chi connectivity index (χ1v) is 4.26. The standard InChI is InChI=1S/C9H16O5/c1-7(8(13)14)4-9(5-11,6-12)2-3-10/h4,10-12H,2-3,5-6H2,1H3,(H,13,14). The summed E-state index contributed by atoms with van der Waals surface area (Å²) in [5, 5.41) is 35.4. The zero-order valence-corrected chi connectivity index (χ0v) is 8.10. The minimum absolute atomic E-state index is 0.0431. The van der Waals surface area contributed by atoms with Crippen molar-refractivity contribution < 1.29 is 25.2 Å². The van der Waals surface area contributed by atoms with E-state index in [4.69, 9.17) is 20.4 Å². The Bertz CT molecular complexity index is 217. The minimum Gasteiger partial charge on any atom is -0.478 e. The maximum Gasteiger partial charge on any atom is 0.330 e. The van der Waals surface area contributed by atoms with E-state index in [1.54, 1.807) is 0 Å². The molecule has 0 heterocycles. The Balaban J connectivity index is 4.81. The average molecular weight is 204 g/mol. The second-order valence-corrected chi connectivity index (χ2v) is 3.28. The van der Waals surface area contributed by atoms with Gasteiger partial charge in [0.2, 0.25) is 0 Å². The number of hydrogen-bond acceptors (Lipinski definition) is 4. The van der Waals surface area contributed by atoms with Crippen LogP contribution in [0.15, 0.2) is 11.6 Å². The topological polar surface area (TPSA) is 98.0 Å². The summed E-state index contributed by atoms with van der Waals surface area (Å²) in [5.74, 6) is -1.10. The highest BCUT2D eigenvalue weighted by atomic mass is 16.4. The first-order chi connectivity index (χ1) is 6.51. The zero-order valence-electron chi connectivity index (χ0n) is 8.10. The van der Waals surface area contributed by atoms with E-state index in [2.05, 4.69) is 0 Å². The molecule has 0 rings (SSSR count). The van der Waals surface area contributed by atoms with Crippen molar-refractivity contribution in [1.29, 1.82) is 0 Å². The van der Waals surface area contributed by atoms with Gasteiger partial charge in [-0.25, -0.2) is 4.79 Å². The molecule has 0 saturated heterocycles. The highest BCUT2D eigenvalue weighted by Crippen LogP contribution is 2.24. The van der Waals surface area contributed by atoms with Gasteiger partial charge in [-0.15, -0.1) is 0 Å². The van der Waals surface area contributed by atoms with E-state index in [1.165, 1.54) is 13.0 Å². The van der Waals surface area contributed by atoms with Crippen LogP contribution in [0.4, 0.5) is 0 Å². The van der Waals surface area contributed by atoms with Crippen LogP contribution >= 0.6 is 0 Å². The molecule has 0 radical (unpaired) electrons. The van der Waals surface area contributed by atoms with Gasteiger partial charge >= 0.3 is 5.97 Å². The highest BCUT2D eigenvalue weighted by Gasteiger charge is 2.26. The number of carboxylic acid groups (broad SMARTS) is 1. The summed E-state index contributed by atoms with van der Waals surface area (Å²) < 4.78 is 0. The lowest BCUT2D eigenvalue weighted by atomic mass is 9.84. The second kappa shape index (κ2) is 5.74. The molecule has 0 aromatic rings. The normalized spacial score (nSPS) is 13.0. The van der Waals surface area contributed by atoms with Crippen LogP contribution < -0.4 is 0 Å². The summed E-state index contributed by atoms with van der Waals surface area (Å²) in [5.41, 5.74) is -1.00. The number of aliphatic hydroxyl groups excluding tert-OH is 3. The third-order valence-electron chi connectivity index (χ3n) is 2.10. The minimum atomic E-state index is -1.10. The summed E-state index contributed by atoms with van der Waals surface area (Å²) in [7, 11) is 0. The maximum atomic E-state index is 10.5. The average Bonchev–Trinajstić information content (AvgIpc) is 2.16. The van der Waals surface area contributed by atoms with E-state index in [1.807, 2.05) is 0 Å². The Kier molecular flexibility index (Phi) is 5.37. The van der Waals surface area contributed by atoms with Gasteiger partial charge in [0.1, 0.15) is 0 Å². The molecule has 0 aliphatic rings. The summed E-state index contributed by atoms with van der Waals surface area (Å²) in [6.45, 7) is 0.369. The number of rotatable bonds is 6. The van der Waals surface area contributed by atoms with Crippen molar-refractivity contribution in [2.45, 2.75) is 13.3 Å². The van der Waals surface area contributed by atoms with Crippen molar-refractivity contribution in [3.05, 3.63) is 11.6 Å². The van der Waals surface area contributed by atoms with Gasteiger partial charge in [-0.05, 0) is 13.3 Å². The quantitative estimate of drug-likeness (QED) is 0.432. The van der Waals surface area contributed by atoms with Gasteiger partial charge in [0.25, 0.3) is 0 Å². The van der Waals surface area contributed by atoms with E-state index in [0.717, 1.165) is 0 Å². The molecule has 0 atom stereocenters. The molecule has 0 fully saturated rings. The molecule has 5 nitrogen and oxygen atoms in total. The highest BCUT2D eigenvalue weighted by molar-refractivity contribution is 5.85. The Labute approximate surface area is 82.3 Å². The second-order valence-electron chi connectivity index (χ2n) is 3.28. The van der Waals surface area contributed by atoms with Gasteiger partial charge in [0.15, 0.2) is 0 Å². The lowest BCUT2D eigenvalue weighted by Crippen LogP contribution is -2.29. The molecule has 0 spiro atoms. The van der Waals surface area contributed by atoms with E-state index < -0.39 is 24.6 Å². The molecule has 0 aromatic heterocycles. The molecule has 4 N–H and O–H groups in total. The van der Waals surface area contributed by atoms with E-state index in [0.29, 0.717) is 0 Å². The van der Waals surface area contributed by atoms with Gasteiger partial charge < -0.3 is 20.4 Å². The molecule has 14 heavy (non-hydrogen) atoms. The van der Waals surface area contributed by atoms with Crippen LogP contribution in [-0.4, -0.2) is 46.2 Å². The number of aliphatic hydroxyl groups is 3. The fourth-order valence-electron chi connectivity index (χ4n) is 1.12. The fraction of sp³-hybridized carbons (Fsp3) is 0.667. The number of carbonyl (C=O) groups is 1. The van der Waals surface area contributed by atoms with Crippen LogP contribution in [0.3, 0.4) is 0 Å². The lowest BCUT2D eigenvalue weighted by molar-refractivity contribution is -0.132. The predicted octanol–water partition coefficient (Wildman–Crippen LogP) is -0.629. The van der Waals surface area contributed by atoms with Crippen molar-refractivity contribution in [2.75, 3.05) is 19.8 Å². The molecule has 82 valence electrons. The van der Waals surface area contributed by atoms with Gasteiger partial charge in [-0.1, -0.05) is 6.08 Å². The van der Waals surface area contributed by atoms with Crippen LogP contribution in [0.25, 0.3) is 0 Å². The lowest BCUT2D eigenvalue weighted by Gasteiger charge is -2.25. The SMILES string of the molecule is CC(=CC(CO)(CO)CCO)C(=O)O. The van der Waals surface area contributed by atoms with Gasteiger partial charge in [0.05, 0.1) is 13.2 Å². The van der Waals surface area contributed by atoms with E-state index in [9.17, 15) is 4.79 Å². The van der Waals surface area contributed by atoms with Crippen LogP contribution in [0, 0.1) is 5.41 Å². The van der Waals surface area contributed by atoms with E-state index >= 15 is 0 Å². The first-order valence-electron chi connectivity index (χ1n) is 4.26. The first kappa shape index (κ1) is 13.1. The molecule has 0 aromatic carbocycles. The molecule has 0 amide bonds. The Morgan fingerprint density at radius 3 is 2.07 bits per heavy atom. The monoisotopic (exact) mass is 204 g/mol. The molecule has 5 heteroatoms. The molecule has 0 saturated carbocycles. The Morgan fingerprint density at radius 2 is 1.79 bits per heavy atom. The van der Waals surface area contributed by atoms with Crippen molar-refractivity contribution >= 4 is 5.97 Å².